The Morgan fingerprint density at radius 2 is 1.67 bits per heavy atom. The first-order valence-corrected chi connectivity index (χ1v) is 7.64. The van der Waals surface area contributed by atoms with Gasteiger partial charge in [-0.15, -0.1) is 0 Å². The first kappa shape index (κ1) is 12.5. The lowest BCUT2D eigenvalue weighted by molar-refractivity contribution is -0.129. The van der Waals surface area contributed by atoms with Crippen molar-refractivity contribution in [2.45, 2.75) is 45.1 Å². The van der Waals surface area contributed by atoms with Crippen LogP contribution in [-0.2, 0) is 4.79 Å². The van der Waals surface area contributed by atoms with Crippen LogP contribution in [0.2, 0.25) is 0 Å². The molecule has 0 heterocycles. The summed E-state index contributed by atoms with van der Waals surface area (Å²) in [5.41, 5.74) is 0. The lowest BCUT2D eigenvalue weighted by Gasteiger charge is -2.54. The molecule has 3 nitrogen and oxygen atoms in total. The Bertz CT molecular complexity index is 300. The summed E-state index contributed by atoms with van der Waals surface area (Å²) in [6.07, 6.45) is 7.17. The van der Waals surface area contributed by atoms with Gasteiger partial charge in [-0.25, -0.2) is 0 Å². The summed E-state index contributed by atoms with van der Waals surface area (Å²) in [4.78, 5) is 13.7. The van der Waals surface area contributed by atoms with Gasteiger partial charge in [-0.1, -0.05) is 0 Å². The van der Waals surface area contributed by atoms with Crippen LogP contribution in [0.5, 0.6) is 0 Å². The Labute approximate surface area is 110 Å². The van der Waals surface area contributed by atoms with Crippen LogP contribution in [0.4, 0.5) is 0 Å². The fourth-order valence-electron chi connectivity index (χ4n) is 4.77. The summed E-state index contributed by atoms with van der Waals surface area (Å²) in [5, 5.41) is 3.59. The highest BCUT2D eigenvalue weighted by Gasteiger charge is 2.47. The van der Waals surface area contributed by atoms with Crippen LogP contribution in [0.25, 0.3) is 0 Å². The highest BCUT2D eigenvalue weighted by molar-refractivity contribution is 5.77. The first-order valence-electron chi connectivity index (χ1n) is 7.64. The number of nitrogens with one attached hydrogen (secondary N) is 1. The molecule has 0 aromatic heterocycles. The smallest absolute Gasteiger partial charge is 0.236 e. The van der Waals surface area contributed by atoms with E-state index in [0.717, 1.165) is 30.2 Å². The zero-order chi connectivity index (χ0) is 12.7. The van der Waals surface area contributed by atoms with E-state index in [1.165, 1.54) is 32.1 Å². The van der Waals surface area contributed by atoms with Gasteiger partial charge in [-0.05, 0) is 62.7 Å². The second kappa shape index (κ2) is 4.84. The third-order valence-corrected chi connectivity index (χ3v) is 5.62. The summed E-state index contributed by atoms with van der Waals surface area (Å²) < 4.78 is 0. The maximum atomic E-state index is 11.9. The van der Waals surface area contributed by atoms with Crippen molar-refractivity contribution in [3.63, 3.8) is 0 Å². The van der Waals surface area contributed by atoms with Crippen LogP contribution >= 0.6 is 0 Å². The average Bonchev–Trinajstić information content (AvgIpc) is 2.35. The lowest BCUT2D eigenvalue weighted by atomic mass is 9.54. The van der Waals surface area contributed by atoms with Crippen LogP contribution in [0.15, 0.2) is 0 Å². The number of likely N-dealkylation sites (N-methyl/N-ethyl adjacent to an activating group) is 1. The van der Waals surface area contributed by atoms with Crippen molar-refractivity contribution < 1.29 is 4.79 Å². The Balaban J connectivity index is 1.56. The van der Waals surface area contributed by atoms with E-state index in [0.29, 0.717) is 12.6 Å². The number of hydrogen-bond donors (Lipinski definition) is 1. The van der Waals surface area contributed by atoms with Gasteiger partial charge in [0.25, 0.3) is 0 Å². The Hall–Kier alpha value is -0.570. The quantitative estimate of drug-likeness (QED) is 0.826. The predicted molar refractivity (Wildman–Crippen MR) is 72.1 cm³/mol. The first-order chi connectivity index (χ1) is 8.67. The maximum Gasteiger partial charge on any atom is 0.236 e. The molecule has 4 rings (SSSR count). The van der Waals surface area contributed by atoms with Gasteiger partial charge >= 0.3 is 0 Å². The molecule has 18 heavy (non-hydrogen) atoms. The van der Waals surface area contributed by atoms with Crippen molar-refractivity contribution in [1.82, 2.24) is 10.2 Å². The molecule has 0 unspecified atom stereocenters. The van der Waals surface area contributed by atoms with E-state index < -0.39 is 0 Å². The summed E-state index contributed by atoms with van der Waals surface area (Å²) in [7, 11) is 1.89. The fraction of sp³-hybridized carbons (Fsp3) is 0.933. The number of carbonyl (C=O) groups is 1. The van der Waals surface area contributed by atoms with E-state index in [1.54, 1.807) is 0 Å². The standard InChI is InChI=1S/C15H26N2O/c1-3-17(2)14(18)9-16-15-12-5-10-4-11(7-12)8-13(15)6-10/h10-13,15-16H,3-9H2,1-2H3. The van der Waals surface area contributed by atoms with Crippen LogP contribution < -0.4 is 5.32 Å². The Morgan fingerprint density at radius 3 is 2.17 bits per heavy atom. The van der Waals surface area contributed by atoms with E-state index in [1.807, 2.05) is 18.9 Å². The SMILES string of the molecule is CCN(C)C(=O)CNC1C2CC3CC(C2)CC1C3. The van der Waals surface area contributed by atoms with E-state index in [9.17, 15) is 4.79 Å². The molecule has 0 aliphatic heterocycles. The number of hydrogen-bond acceptors (Lipinski definition) is 2. The Morgan fingerprint density at radius 1 is 1.11 bits per heavy atom. The second-order valence-corrected chi connectivity index (χ2v) is 6.75. The van der Waals surface area contributed by atoms with Gasteiger partial charge in [0.1, 0.15) is 0 Å². The van der Waals surface area contributed by atoms with Gasteiger partial charge in [0, 0.05) is 19.6 Å². The van der Waals surface area contributed by atoms with Gasteiger partial charge in [0.05, 0.1) is 6.54 Å². The van der Waals surface area contributed by atoms with Gasteiger partial charge in [0.15, 0.2) is 0 Å². The summed E-state index contributed by atoms with van der Waals surface area (Å²) in [6.45, 7) is 3.38. The number of amides is 1. The number of carbonyl (C=O) groups excluding carboxylic acids is 1. The monoisotopic (exact) mass is 250 g/mol. The third kappa shape index (κ3) is 2.18. The fourth-order valence-corrected chi connectivity index (χ4v) is 4.77. The van der Waals surface area contributed by atoms with Gasteiger partial charge in [0.2, 0.25) is 5.91 Å². The molecule has 0 aromatic rings. The summed E-state index contributed by atoms with van der Waals surface area (Å²) in [5.74, 6) is 3.99. The molecule has 0 radical (unpaired) electrons. The molecule has 3 heteroatoms. The molecule has 4 saturated carbocycles. The molecule has 4 aliphatic rings. The van der Waals surface area contributed by atoms with Gasteiger partial charge < -0.3 is 10.2 Å². The molecule has 4 fully saturated rings. The largest absolute Gasteiger partial charge is 0.345 e. The van der Waals surface area contributed by atoms with Crippen molar-refractivity contribution in [3.8, 4) is 0 Å². The van der Waals surface area contributed by atoms with Crippen molar-refractivity contribution in [3.05, 3.63) is 0 Å². The minimum atomic E-state index is 0.242. The van der Waals surface area contributed by atoms with Gasteiger partial charge in [-0.2, -0.15) is 0 Å². The van der Waals surface area contributed by atoms with E-state index in [-0.39, 0.29) is 5.91 Å². The maximum absolute atomic E-state index is 11.9. The lowest BCUT2D eigenvalue weighted by Crippen LogP contribution is -2.56. The number of rotatable bonds is 4. The second-order valence-electron chi connectivity index (χ2n) is 6.75. The molecule has 0 aromatic carbocycles. The summed E-state index contributed by atoms with van der Waals surface area (Å²) >= 11 is 0. The van der Waals surface area contributed by atoms with E-state index in [4.69, 9.17) is 0 Å². The topological polar surface area (TPSA) is 32.3 Å². The van der Waals surface area contributed by atoms with Crippen LogP contribution in [0.1, 0.15) is 39.0 Å². The van der Waals surface area contributed by atoms with Crippen molar-refractivity contribution in [1.29, 1.82) is 0 Å². The van der Waals surface area contributed by atoms with Crippen LogP contribution in [-0.4, -0.2) is 37.0 Å². The average molecular weight is 250 g/mol. The molecule has 4 aliphatic carbocycles. The van der Waals surface area contributed by atoms with Crippen molar-refractivity contribution >= 4 is 5.91 Å². The number of nitrogens with zero attached hydrogens (tertiary/aromatic N) is 1. The molecule has 0 atom stereocenters. The highest BCUT2D eigenvalue weighted by Crippen LogP contribution is 2.53. The highest BCUT2D eigenvalue weighted by atomic mass is 16.2. The molecule has 0 spiro atoms. The molecule has 0 saturated heterocycles. The molecular weight excluding hydrogens is 224 g/mol. The predicted octanol–water partition coefficient (Wildman–Crippen LogP) is 1.88. The minimum absolute atomic E-state index is 0.242. The zero-order valence-corrected chi connectivity index (χ0v) is 11.7. The van der Waals surface area contributed by atoms with Crippen LogP contribution in [0, 0.1) is 23.7 Å². The van der Waals surface area contributed by atoms with Crippen LogP contribution in [0.3, 0.4) is 0 Å². The molecule has 4 bridgehead atoms. The molecular formula is C15H26N2O. The minimum Gasteiger partial charge on any atom is -0.345 e. The zero-order valence-electron chi connectivity index (χ0n) is 11.7. The van der Waals surface area contributed by atoms with E-state index in [2.05, 4.69) is 5.32 Å². The van der Waals surface area contributed by atoms with Crippen molar-refractivity contribution in [2.75, 3.05) is 20.1 Å². The van der Waals surface area contributed by atoms with E-state index >= 15 is 0 Å². The third-order valence-electron chi connectivity index (χ3n) is 5.62. The normalized spacial score (nSPS) is 41.1. The molecule has 1 amide bonds. The van der Waals surface area contributed by atoms with Gasteiger partial charge in [-0.3, -0.25) is 4.79 Å². The molecule has 102 valence electrons. The van der Waals surface area contributed by atoms with Crippen molar-refractivity contribution in [2.24, 2.45) is 23.7 Å². The molecule has 1 N–H and O–H groups in total. The Kier molecular flexibility index (Phi) is 3.35. The summed E-state index contributed by atoms with van der Waals surface area (Å²) in [6, 6.07) is 0.631.